The molecule has 0 fully saturated rings. The summed E-state index contributed by atoms with van der Waals surface area (Å²) in [5.74, 6) is 1.69. The van der Waals surface area contributed by atoms with Gasteiger partial charge in [0.15, 0.2) is 11.5 Å². The van der Waals surface area contributed by atoms with Crippen LogP contribution in [-0.2, 0) is 5.41 Å². The van der Waals surface area contributed by atoms with Crippen molar-refractivity contribution in [2.24, 2.45) is 0 Å². The quantitative estimate of drug-likeness (QED) is 0.198. The van der Waals surface area contributed by atoms with Gasteiger partial charge in [-0.05, 0) is 104 Å². The Morgan fingerprint density at radius 3 is 1.62 bits per heavy atom. The second-order valence-corrected chi connectivity index (χ2v) is 13.0. The molecule has 0 spiro atoms. The summed E-state index contributed by atoms with van der Waals surface area (Å²) in [5.41, 5.74) is 15.6. The fourth-order valence-electron chi connectivity index (χ4n) is 7.41. The molecule has 47 heavy (non-hydrogen) atoms. The molecule has 0 bridgehead atoms. The van der Waals surface area contributed by atoms with Crippen molar-refractivity contribution in [2.45, 2.75) is 19.3 Å². The molecule has 0 N–H and O–H groups in total. The van der Waals surface area contributed by atoms with Crippen LogP contribution in [-0.4, -0.2) is 0 Å². The monoisotopic (exact) mass is 603 g/mol. The molecular weight excluding hydrogens is 571 g/mol. The molecule has 0 aromatic heterocycles. The first-order valence-electron chi connectivity index (χ1n) is 16.3. The number of nitrogens with zero attached hydrogens (tertiary/aromatic N) is 1. The molecule has 0 radical (unpaired) electrons. The summed E-state index contributed by atoms with van der Waals surface area (Å²) in [7, 11) is 0. The Kier molecular flexibility index (Phi) is 6.20. The average molecular weight is 604 g/mol. The molecule has 0 saturated carbocycles. The second-order valence-electron chi connectivity index (χ2n) is 13.0. The van der Waals surface area contributed by atoms with Crippen molar-refractivity contribution in [3.05, 3.63) is 175 Å². The second kappa shape index (κ2) is 10.6. The van der Waals surface area contributed by atoms with Gasteiger partial charge in [0.25, 0.3) is 0 Å². The topological polar surface area (TPSA) is 12.5 Å². The van der Waals surface area contributed by atoms with E-state index in [0.717, 1.165) is 39.7 Å². The van der Waals surface area contributed by atoms with E-state index in [-0.39, 0.29) is 5.41 Å². The van der Waals surface area contributed by atoms with Gasteiger partial charge in [-0.25, -0.2) is 0 Å². The zero-order chi connectivity index (χ0) is 31.5. The van der Waals surface area contributed by atoms with Gasteiger partial charge in [-0.2, -0.15) is 0 Å². The molecule has 7 aromatic rings. The van der Waals surface area contributed by atoms with E-state index in [4.69, 9.17) is 4.74 Å². The SMILES string of the molecule is CC1(C)c2ccccc2-c2ccc(-c3ccc4c(c3)N(c3ccccc3)c3cc(-c5cccc(-c6ccccc6)c5)ccc3O4)cc21. The Hall–Kier alpha value is -5.86. The van der Waals surface area contributed by atoms with Gasteiger partial charge in [0.05, 0.1) is 11.4 Å². The summed E-state index contributed by atoms with van der Waals surface area (Å²) >= 11 is 0. The maximum absolute atomic E-state index is 6.61. The zero-order valence-corrected chi connectivity index (χ0v) is 26.4. The lowest BCUT2D eigenvalue weighted by molar-refractivity contribution is 0.477. The molecule has 0 amide bonds. The molecule has 1 aliphatic carbocycles. The third kappa shape index (κ3) is 4.48. The first kappa shape index (κ1) is 27.5. The molecule has 2 nitrogen and oxygen atoms in total. The summed E-state index contributed by atoms with van der Waals surface area (Å²) in [6.45, 7) is 4.67. The Morgan fingerprint density at radius 2 is 0.915 bits per heavy atom. The van der Waals surface area contributed by atoms with Crippen LogP contribution >= 0.6 is 0 Å². The van der Waals surface area contributed by atoms with Gasteiger partial charge < -0.3 is 9.64 Å². The molecule has 9 rings (SSSR count). The molecule has 0 atom stereocenters. The minimum atomic E-state index is -0.0531. The number of benzene rings is 7. The van der Waals surface area contributed by atoms with Crippen molar-refractivity contribution in [2.75, 3.05) is 4.90 Å². The predicted octanol–water partition coefficient (Wildman–Crippen LogP) is 12.6. The van der Waals surface area contributed by atoms with Crippen molar-refractivity contribution < 1.29 is 4.74 Å². The summed E-state index contributed by atoms with van der Waals surface area (Å²) in [6.07, 6.45) is 0. The van der Waals surface area contributed by atoms with Crippen LogP contribution in [0.2, 0.25) is 0 Å². The standard InChI is InChI=1S/C45H33NO/c1-45(2)39-19-10-9-18-37(39)38-23-20-33(27-40(38)45)35-22-25-44-42(29-35)46(36-16-7-4-8-17-36)41-28-34(21-24-43(41)47-44)32-15-11-14-31(26-32)30-12-5-3-6-13-30/h3-29H,1-2H3. The van der Waals surface area contributed by atoms with E-state index in [1.807, 2.05) is 0 Å². The molecule has 224 valence electrons. The van der Waals surface area contributed by atoms with Crippen molar-refractivity contribution >= 4 is 17.1 Å². The molecule has 0 saturated heterocycles. The van der Waals surface area contributed by atoms with Crippen LogP contribution in [0.25, 0.3) is 44.5 Å². The van der Waals surface area contributed by atoms with Crippen LogP contribution in [0, 0.1) is 0 Å². The van der Waals surface area contributed by atoms with Crippen LogP contribution in [0.1, 0.15) is 25.0 Å². The van der Waals surface area contributed by atoms with Gasteiger partial charge in [0, 0.05) is 11.1 Å². The Bertz CT molecular complexity index is 2300. The summed E-state index contributed by atoms with van der Waals surface area (Å²) in [6, 6.07) is 58.8. The number of ether oxygens (including phenoxy) is 1. The van der Waals surface area contributed by atoms with E-state index < -0.39 is 0 Å². The Labute approximate surface area is 276 Å². The largest absolute Gasteiger partial charge is 0.453 e. The number of anilines is 3. The van der Waals surface area contributed by atoms with E-state index in [0.29, 0.717) is 0 Å². The van der Waals surface area contributed by atoms with Gasteiger partial charge in [0.2, 0.25) is 0 Å². The molecule has 7 aromatic carbocycles. The highest BCUT2D eigenvalue weighted by Gasteiger charge is 2.35. The van der Waals surface area contributed by atoms with E-state index in [1.165, 1.54) is 44.5 Å². The molecule has 1 aliphatic heterocycles. The third-order valence-corrected chi connectivity index (χ3v) is 9.85. The van der Waals surface area contributed by atoms with Crippen molar-refractivity contribution in [3.63, 3.8) is 0 Å². The predicted molar refractivity (Wildman–Crippen MR) is 195 cm³/mol. The number of rotatable bonds is 4. The van der Waals surface area contributed by atoms with Crippen molar-refractivity contribution in [1.29, 1.82) is 0 Å². The fourth-order valence-corrected chi connectivity index (χ4v) is 7.41. The molecule has 1 heterocycles. The van der Waals surface area contributed by atoms with E-state index in [1.54, 1.807) is 0 Å². The molecule has 2 aliphatic rings. The fraction of sp³-hybridized carbons (Fsp3) is 0.0667. The number of hydrogen-bond donors (Lipinski definition) is 0. The van der Waals surface area contributed by atoms with Crippen LogP contribution < -0.4 is 9.64 Å². The normalized spacial score (nSPS) is 13.6. The van der Waals surface area contributed by atoms with Crippen LogP contribution in [0.4, 0.5) is 17.1 Å². The lowest BCUT2D eigenvalue weighted by Crippen LogP contribution is -2.16. The van der Waals surface area contributed by atoms with Crippen molar-refractivity contribution in [1.82, 2.24) is 0 Å². The average Bonchev–Trinajstić information content (AvgIpc) is 3.36. The third-order valence-electron chi connectivity index (χ3n) is 9.85. The first-order valence-corrected chi connectivity index (χ1v) is 16.3. The Morgan fingerprint density at radius 1 is 0.404 bits per heavy atom. The molecule has 0 unspecified atom stereocenters. The van der Waals surface area contributed by atoms with E-state index in [9.17, 15) is 0 Å². The molecular formula is C45H33NO. The lowest BCUT2D eigenvalue weighted by Gasteiger charge is -2.33. The number of para-hydroxylation sites is 1. The smallest absolute Gasteiger partial charge is 0.151 e. The Balaban J connectivity index is 1.15. The summed E-state index contributed by atoms with van der Waals surface area (Å²) in [4.78, 5) is 2.34. The number of hydrogen-bond acceptors (Lipinski definition) is 2. The van der Waals surface area contributed by atoms with Gasteiger partial charge in [-0.1, -0.05) is 129 Å². The minimum absolute atomic E-state index is 0.0531. The van der Waals surface area contributed by atoms with Gasteiger partial charge >= 0.3 is 0 Å². The lowest BCUT2D eigenvalue weighted by atomic mass is 9.81. The summed E-state index contributed by atoms with van der Waals surface area (Å²) < 4.78 is 6.61. The van der Waals surface area contributed by atoms with E-state index >= 15 is 0 Å². The highest BCUT2D eigenvalue weighted by molar-refractivity contribution is 5.91. The number of fused-ring (bicyclic) bond motifs is 5. The summed E-state index contributed by atoms with van der Waals surface area (Å²) in [5, 5.41) is 0. The van der Waals surface area contributed by atoms with Gasteiger partial charge in [-0.3, -0.25) is 0 Å². The van der Waals surface area contributed by atoms with Gasteiger partial charge in [-0.15, -0.1) is 0 Å². The highest BCUT2D eigenvalue weighted by atomic mass is 16.5. The first-order chi connectivity index (χ1) is 23.0. The van der Waals surface area contributed by atoms with Crippen LogP contribution in [0.5, 0.6) is 11.5 Å². The van der Waals surface area contributed by atoms with E-state index in [2.05, 4.69) is 183 Å². The van der Waals surface area contributed by atoms with Gasteiger partial charge in [0.1, 0.15) is 0 Å². The van der Waals surface area contributed by atoms with Crippen LogP contribution in [0.15, 0.2) is 164 Å². The van der Waals surface area contributed by atoms with Crippen molar-refractivity contribution in [3.8, 4) is 56.0 Å². The maximum Gasteiger partial charge on any atom is 0.151 e. The zero-order valence-electron chi connectivity index (χ0n) is 26.4. The van der Waals surface area contributed by atoms with Crippen LogP contribution in [0.3, 0.4) is 0 Å². The minimum Gasteiger partial charge on any atom is -0.453 e. The highest BCUT2D eigenvalue weighted by Crippen LogP contribution is 2.53. The molecule has 2 heteroatoms. The maximum atomic E-state index is 6.61.